The van der Waals surface area contributed by atoms with Crippen LogP contribution in [0.2, 0.25) is 0 Å². The summed E-state index contributed by atoms with van der Waals surface area (Å²) in [6, 6.07) is 14.0. The van der Waals surface area contributed by atoms with Crippen molar-refractivity contribution in [3.8, 4) is 0 Å². The standard InChI is InChI=1S/C23H31N3O2/c1-23(2,3)16-26-13-12-24-22(28)20(26)14-21(27)25(4)15-18-10-7-9-17-8-5-6-11-19(17)18/h5-11,20H,12-16H2,1-4H3,(H,24,28)/t20-/m1/s1. The van der Waals surface area contributed by atoms with Crippen molar-refractivity contribution in [2.45, 2.75) is 39.8 Å². The molecule has 1 fully saturated rings. The zero-order chi connectivity index (χ0) is 20.3. The van der Waals surface area contributed by atoms with E-state index in [0.29, 0.717) is 13.1 Å². The van der Waals surface area contributed by atoms with Crippen LogP contribution >= 0.6 is 0 Å². The number of piperazine rings is 1. The molecule has 0 bridgehead atoms. The molecule has 5 heteroatoms. The number of nitrogens with zero attached hydrogens (tertiary/aromatic N) is 2. The molecule has 1 aliphatic rings. The van der Waals surface area contributed by atoms with Gasteiger partial charge in [-0.15, -0.1) is 0 Å². The molecule has 0 unspecified atom stereocenters. The number of carbonyl (C=O) groups is 2. The second kappa shape index (κ2) is 8.31. The van der Waals surface area contributed by atoms with E-state index in [0.717, 1.165) is 24.0 Å². The minimum Gasteiger partial charge on any atom is -0.353 e. The molecule has 1 aliphatic heterocycles. The van der Waals surface area contributed by atoms with Crippen LogP contribution in [0.15, 0.2) is 42.5 Å². The van der Waals surface area contributed by atoms with E-state index in [2.05, 4.69) is 55.3 Å². The van der Waals surface area contributed by atoms with Gasteiger partial charge in [-0.25, -0.2) is 0 Å². The highest BCUT2D eigenvalue weighted by molar-refractivity contribution is 5.89. The Morgan fingerprint density at radius 2 is 1.89 bits per heavy atom. The van der Waals surface area contributed by atoms with E-state index < -0.39 is 6.04 Å². The molecule has 3 rings (SSSR count). The summed E-state index contributed by atoms with van der Waals surface area (Å²) in [5.41, 5.74) is 1.20. The van der Waals surface area contributed by atoms with Crippen molar-refractivity contribution < 1.29 is 9.59 Å². The first kappa shape index (κ1) is 20.3. The minimum absolute atomic E-state index is 0.00565. The summed E-state index contributed by atoms with van der Waals surface area (Å²) >= 11 is 0. The predicted octanol–water partition coefficient (Wildman–Crippen LogP) is 3.03. The van der Waals surface area contributed by atoms with Gasteiger partial charge in [0.25, 0.3) is 0 Å². The lowest BCUT2D eigenvalue weighted by atomic mass is 9.94. The fraction of sp³-hybridized carbons (Fsp3) is 0.478. The molecule has 1 saturated heterocycles. The highest BCUT2D eigenvalue weighted by Gasteiger charge is 2.34. The lowest BCUT2D eigenvalue weighted by molar-refractivity contribution is -0.138. The molecule has 1 heterocycles. The lowest BCUT2D eigenvalue weighted by Gasteiger charge is -2.39. The normalized spacial score (nSPS) is 18.1. The monoisotopic (exact) mass is 381 g/mol. The van der Waals surface area contributed by atoms with Crippen LogP contribution in [-0.2, 0) is 16.1 Å². The first-order chi connectivity index (χ1) is 13.2. The third kappa shape index (κ3) is 4.90. The maximum atomic E-state index is 12.9. The van der Waals surface area contributed by atoms with Crippen molar-refractivity contribution in [1.29, 1.82) is 0 Å². The fourth-order valence-electron chi connectivity index (χ4n) is 3.88. The van der Waals surface area contributed by atoms with Gasteiger partial charge in [0.15, 0.2) is 0 Å². The van der Waals surface area contributed by atoms with Gasteiger partial charge in [-0.1, -0.05) is 63.2 Å². The average Bonchev–Trinajstić information content (AvgIpc) is 2.63. The van der Waals surface area contributed by atoms with Gasteiger partial charge >= 0.3 is 0 Å². The van der Waals surface area contributed by atoms with Crippen LogP contribution in [0.1, 0.15) is 32.8 Å². The number of amides is 2. The zero-order valence-corrected chi connectivity index (χ0v) is 17.4. The van der Waals surface area contributed by atoms with Gasteiger partial charge in [0.05, 0.1) is 12.5 Å². The zero-order valence-electron chi connectivity index (χ0n) is 17.4. The molecule has 2 aromatic rings. The highest BCUT2D eigenvalue weighted by Crippen LogP contribution is 2.22. The summed E-state index contributed by atoms with van der Waals surface area (Å²) in [4.78, 5) is 29.3. The quantitative estimate of drug-likeness (QED) is 0.866. The molecular weight excluding hydrogens is 350 g/mol. The SMILES string of the molecule is CN(Cc1cccc2ccccc12)C(=O)C[C@@H]1C(=O)NCCN1CC(C)(C)C. The summed E-state index contributed by atoms with van der Waals surface area (Å²) in [6.45, 7) is 9.24. The third-order valence-corrected chi connectivity index (χ3v) is 5.20. The van der Waals surface area contributed by atoms with Crippen LogP contribution in [0.25, 0.3) is 10.8 Å². The Bertz CT molecular complexity index is 851. The lowest BCUT2D eigenvalue weighted by Crippen LogP contribution is -2.58. The van der Waals surface area contributed by atoms with Crippen molar-refractivity contribution in [1.82, 2.24) is 15.1 Å². The van der Waals surface area contributed by atoms with Crippen LogP contribution in [-0.4, -0.2) is 54.3 Å². The van der Waals surface area contributed by atoms with Crippen molar-refractivity contribution in [2.24, 2.45) is 5.41 Å². The van der Waals surface area contributed by atoms with Gasteiger partial charge in [-0.05, 0) is 21.8 Å². The summed E-state index contributed by atoms with van der Waals surface area (Å²) in [6.07, 6.45) is 0.211. The molecule has 150 valence electrons. The summed E-state index contributed by atoms with van der Waals surface area (Å²) in [5, 5.41) is 5.25. The van der Waals surface area contributed by atoms with E-state index in [1.807, 2.05) is 25.2 Å². The van der Waals surface area contributed by atoms with Crippen molar-refractivity contribution >= 4 is 22.6 Å². The second-order valence-electron chi connectivity index (χ2n) is 8.93. The van der Waals surface area contributed by atoms with E-state index in [9.17, 15) is 9.59 Å². The second-order valence-corrected chi connectivity index (χ2v) is 8.93. The Balaban J connectivity index is 1.70. The number of fused-ring (bicyclic) bond motifs is 1. The number of hydrogen-bond donors (Lipinski definition) is 1. The molecule has 2 aromatic carbocycles. The summed E-state index contributed by atoms with van der Waals surface area (Å²) in [7, 11) is 1.82. The van der Waals surface area contributed by atoms with Gasteiger partial charge in [0.2, 0.25) is 11.8 Å². The maximum Gasteiger partial charge on any atom is 0.237 e. The molecule has 0 spiro atoms. The molecule has 0 saturated carbocycles. The molecule has 5 nitrogen and oxygen atoms in total. The Hall–Kier alpha value is -2.40. The van der Waals surface area contributed by atoms with E-state index in [4.69, 9.17) is 0 Å². The molecule has 28 heavy (non-hydrogen) atoms. The van der Waals surface area contributed by atoms with Crippen molar-refractivity contribution in [2.75, 3.05) is 26.7 Å². The van der Waals surface area contributed by atoms with Crippen molar-refractivity contribution in [3.63, 3.8) is 0 Å². The first-order valence-corrected chi connectivity index (χ1v) is 9.97. The Kier molecular flexibility index (Phi) is 6.04. The number of hydrogen-bond acceptors (Lipinski definition) is 3. The van der Waals surface area contributed by atoms with E-state index in [-0.39, 0.29) is 23.7 Å². The van der Waals surface area contributed by atoms with E-state index >= 15 is 0 Å². The molecular formula is C23H31N3O2. The molecule has 0 aliphatic carbocycles. The summed E-state index contributed by atoms with van der Waals surface area (Å²) in [5.74, 6) is -0.0451. The maximum absolute atomic E-state index is 12.9. The molecule has 1 atom stereocenters. The van der Waals surface area contributed by atoms with Crippen molar-refractivity contribution in [3.05, 3.63) is 48.0 Å². The molecule has 0 radical (unpaired) electrons. The number of rotatable bonds is 5. The first-order valence-electron chi connectivity index (χ1n) is 9.97. The predicted molar refractivity (Wildman–Crippen MR) is 113 cm³/mol. The van der Waals surface area contributed by atoms with Crippen LogP contribution < -0.4 is 5.32 Å². The van der Waals surface area contributed by atoms with Gasteiger partial charge in [0.1, 0.15) is 0 Å². The highest BCUT2D eigenvalue weighted by atomic mass is 16.2. The van der Waals surface area contributed by atoms with Gasteiger partial charge in [0, 0.05) is 33.2 Å². The molecule has 1 N–H and O–H groups in total. The Labute approximate surface area is 167 Å². The Morgan fingerprint density at radius 1 is 1.18 bits per heavy atom. The number of benzene rings is 2. The molecule has 2 amide bonds. The van der Waals surface area contributed by atoms with Crippen LogP contribution in [0.5, 0.6) is 0 Å². The average molecular weight is 382 g/mol. The number of nitrogens with one attached hydrogen (secondary N) is 1. The Morgan fingerprint density at radius 3 is 2.64 bits per heavy atom. The topological polar surface area (TPSA) is 52.7 Å². The van der Waals surface area contributed by atoms with Gasteiger partial charge in [-0.3, -0.25) is 14.5 Å². The van der Waals surface area contributed by atoms with E-state index in [1.165, 1.54) is 5.39 Å². The summed E-state index contributed by atoms with van der Waals surface area (Å²) < 4.78 is 0. The third-order valence-electron chi connectivity index (χ3n) is 5.20. The van der Waals surface area contributed by atoms with Crippen LogP contribution in [0.3, 0.4) is 0 Å². The molecule has 0 aromatic heterocycles. The number of carbonyl (C=O) groups excluding carboxylic acids is 2. The van der Waals surface area contributed by atoms with Gasteiger partial charge < -0.3 is 10.2 Å². The smallest absolute Gasteiger partial charge is 0.237 e. The van der Waals surface area contributed by atoms with Crippen LogP contribution in [0, 0.1) is 5.41 Å². The fourth-order valence-corrected chi connectivity index (χ4v) is 3.88. The minimum atomic E-state index is -0.393. The van der Waals surface area contributed by atoms with E-state index in [1.54, 1.807) is 4.90 Å². The largest absolute Gasteiger partial charge is 0.353 e. The van der Waals surface area contributed by atoms with Gasteiger partial charge in [-0.2, -0.15) is 0 Å². The van der Waals surface area contributed by atoms with Crippen LogP contribution in [0.4, 0.5) is 0 Å².